The third kappa shape index (κ3) is 2.28. The molecule has 0 unspecified atom stereocenters. The van der Waals surface area contributed by atoms with Crippen LogP contribution in [0.5, 0.6) is 0 Å². The predicted octanol–water partition coefficient (Wildman–Crippen LogP) is 1.07. The molecule has 5 nitrogen and oxygen atoms in total. The van der Waals surface area contributed by atoms with Crippen LogP contribution in [0.2, 0.25) is 0 Å². The van der Waals surface area contributed by atoms with Gasteiger partial charge < -0.3 is 10.2 Å². The lowest BCUT2D eigenvalue weighted by Crippen LogP contribution is -2.46. The standard InChI is InChI=1S/C14H17N3O2/c1-16(10-6-7-10)14(19)9-17-12-5-3-2-4-11(12)15-8-13(17)18/h2-5,10,15H,6-9H2,1H3. The van der Waals surface area contributed by atoms with Gasteiger partial charge in [-0.2, -0.15) is 0 Å². The van der Waals surface area contributed by atoms with Crippen molar-refractivity contribution in [2.75, 3.05) is 30.4 Å². The molecular formula is C14H17N3O2. The van der Waals surface area contributed by atoms with Crippen molar-refractivity contribution in [3.8, 4) is 0 Å². The smallest absolute Gasteiger partial charge is 0.246 e. The first kappa shape index (κ1) is 12.0. The number of para-hydroxylation sites is 2. The fourth-order valence-corrected chi connectivity index (χ4v) is 2.34. The van der Waals surface area contributed by atoms with Gasteiger partial charge in [0.1, 0.15) is 6.54 Å². The largest absolute Gasteiger partial charge is 0.374 e. The normalized spacial score (nSPS) is 17.7. The fourth-order valence-electron chi connectivity index (χ4n) is 2.34. The van der Waals surface area contributed by atoms with Crippen LogP contribution >= 0.6 is 0 Å². The van der Waals surface area contributed by atoms with Crippen molar-refractivity contribution >= 4 is 23.2 Å². The highest BCUT2D eigenvalue weighted by Crippen LogP contribution is 2.30. The van der Waals surface area contributed by atoms with Gasteiger partial charge in [-0.25, -0.2) is 0 Å². The van der Waals surface area contributed by atoms with Gasteiger partial charge in [-0.1, -0.05) is 12.1 Å². The number of anilines is 2. The molecule has 2 amide bonds. The lowest BCUT2D eigenvalue weighted by atomic mass is 10.2. The van der Waals surface area contributed by atoms with Crippen LogP contribution in [-0.2, 0) is 9.59 Å². The molecular weight excluding hydrogens is 242 g/mol. The Morgan fingerprint density at radius 1 is 1.42 bits per heavy atom. The van der Waals surface area contributed by atoms with Gasteiger partial charge in [0.2, 0.25) is 11.8 Å². The van der Waals surface area contributed by atoms with E-state index in [4.69, 9.17) is 0 Å². The Morgan fingerprint density at radius 3 is 2.89 bits per heavy atom. The molecule has 1 aromatic carbocycles. The summed E-state index contributed by atoms with van der Waals surface area (Å²) in [6.45, 7) is 0.377. The lowest BCUT2D eigenvalue weighted by molar-refractivity contribution is -0.130. The summed E-state index contributed by atoms with van der Waals surface area (Å²) in [5.41, 5.74) is 1.69. The first-order chi connectivity index (χ1) is 9.16. The zero-order valence-corrected chi connectivity index (χ0v) is 10.9. The minimum Gasteiger partial charge on any atom is -0.374 e. The van der Waals surface area contributed by atoms with Crippen LogP contribution in [0.4, 0.5) is 11.4 Å². The number of nitrogens with zero attached hydrogens (tertiary/aromatic N) is 2. The summed E-state index contributed by atoms with van der Waals surface area (Å²) < 4.78 is 0. The average Bonchev–Trinajstić information content (AvgIpc) is 3.25. The number of hydrogen-bond donors (Lipinski definition) is 1. The van der Waals surface area contributed by atoms with E-state index in [1.807, 2.05) is 31.3 Å². The second-order valence-corrected chi connectivity index (χ2v) is 5.09. The molecule has 1 fully saturated rings. The Balaban J connectivity index is 1.79. The van der Waals surface area contributed by atoms with Gasteiger partial charge in [-0.15, -0.1) is 0 Å². The van der Waals surface area contributed by atoms with E-state index in [1.54, 1.807) is 9.80 Å². The van der Waals surface area contributed by atoms with E-state index in [2.05, 4.69) is 5.32 Å². The molecule has 1 saturated carbocycles. The quantitative estimate of drug-likeness (QED) is 0.883. The van der Waals surface area contributed by atoms with Gasteiger partial charge >= 0.3 is 0 Å². The molecule has 1 aliphatic carbocycles. The highest BCUT2D eigenvalue weighted by atomic mass is 16.2. The van der Waals surface area contributed by atoms with E-state index >= 15 is 0 Å². The summed E-state index contributed by atoms with van der Waals surface area (Å²) in [5, 5.41) is 3.06. The second kappa shape index (κ2) is 4.57. The number of likely N-dealkylation sites (N-methyl/N-ethyl adjacent to an activating group) is 1. The molecule has 1 N–H and O–H groups in total. The second-order valence-electron chi connectivity index (χ2n) is 5.09. The average molecular weight is 259 g/mol. The maximum Gasteiger partial charge on any atom is 0.246 e. The predicted molar refractivity (Wildman–Crippen MR) is 73.1 cm³/mol. The molecule has 1 aromatic rings. The van der Waals surface area contributed by atoms with Crippen LogP contribution in [0.15, 0.2) is 24.3 Å². The summed E-state index contributed by atoms with van der Waals surface area (Å²) in [7, 11) is 1.82. The Kier molecular flexibility index (Phi) is 2.89. The van der Waals surface area contributed by atoms with E-state index in [9.17, 15) is 9.59 Å². The maximum absolute atomic E-state index is 12.2. The van der Waals surface area contributed by atoms with Gasteiger partial charge in [-0.05, 0) is 25.0 Å². The van der Waals surface area contributed by atoms with Crippen LogP contribution in [0.25, 0.3) is 0 Å². The van der Waals surface area contributed by atoms with Crippen LogP contribution < -0.4 is 10.2 Å². The van der Waals surface area contributed by atoms with Crippen molar-refractivity contribution in [2.45, 2.75) is 18.9 Å². The van der Waals surface area contributed by atoms with Crippen LogP contribution in [0.3, 0.4) is 0 Å². The van der Waals surface area contributed by atoms with E-state index in [1.165, 1.54) is 0 Å². The molecule has 0 radical (unpaired) electrons. The molecule has 3 rings (SSSR count). The van der Waals surface area contributed by atoms with Crippen molar-refractivity contribution < 1.29 is 9.59 Å². The molecule has 100 valence electrons. The van der Waals surface area contributed by atoms with Gasteiger partial charge in [0, 0.05) is 13.1 Å². The van der Waals surface area contributed by atoms with Crippen molar-refractivity contribution in [1.29, 1.82) is 0 Å². The number of nitrogens with one attached hydrogen (secondary N) is 1. The number of rotatable bonds is 3. The molecule has 0 bridgehead atoms. The Labute approximate surface area is 112 Å². The van der Waals surface area contributed by atoms with Crippen LogP contribution in [0.1, 0.15) is 12.8 Å². The van der Waals surface area contributed by atoms with Crippen LogP contribution in [-0.4, -0.2) is 42.9 Å². The van der Waals surface area contributed by atoms with E-state index in [0.717, 1.165) is 24.2 Å². The molecule has 1 heterocycles. The fraction of sp³-hybridized carbons (Fsp3) is 0.429. The molecule has 0 saturated heterocycles. The summed E-state index contributed by atoms with van der Waals surface area (Å²) in [6, 6.07) is 7.95. The molecule has 5 heteroatoms. The van der Waals surface area contributed by atoms with Gasteiger partial charge in [-0.3, -0.25) is 14.5 Å². The summed E-state index contributed by atoms with van der Waals surface area (Å²) in [6.07, 6.45) is 2.16. The van der Waals surface area contributed by atoms with Gasteiger partial charge in [0.05, 0.1) is 17.9 Å². The Hall–Kier alpha value is -2.04. The van der Waals surface area contributed by atoms with E-state index in [0.29, 0.717) is 6.04 Å². The van der Waals surface area contributed by atoms with Crippen molar-refractivity contribution in [1.82, 2.24) is 4.90 Å². The number of carbonyl (C=O) groups excluding carboxylic acids is 2. The highest BCUT2D eigenvalue weighted by Gasteiger charge is 2.32. The number of hydrogen-bond acceptors (Lipinski definition) is 3. The lowest BCUT2D eigenvalue weighted by Gasteiger charge is -2.31. The summed E-state index contributed by atoms with van der Waals surface area (Å²) in [4.78, 5) is 27.5. The van der Waals surface area contributed by atoms with E-state index < -0.39 is 0 Å². The number of benzene rings is 1. The molecule has 0 aromatic heterocycles. The Bertz CT molecular complexity index is 525. The third-order valence-electron chi connectivity index (χ3n) is 3.71. The molecule has 19 heavy (non-hydrogen) atoms. The highest BCUT2D eigenvalue weighted by molar-refractivity contribution is 6.05. The molecule has 1 aliphatic heterocycles. The monoisotopic (exact) mass is 259 g/mol. The molecule has 0 spiro atoms. The molecule has 2 aliphatic rings. The number of fused-ring (bicyclic) bond motifs is 1. The van der Waals surface area contributed by atoms with E-state index in [-0.39, 0.29) is 24.9 Å². The number of carbonyl (C=O) groups is 2. The number of amides is 2. The van der Waals surface area contributed by atoms with Crippen molar-refractivity contribution in [2.24, 2.45) is 0 Å². The minimum atomic E-state index is -0.0590. The first-order valence-electron chi connectivity index (χ1n) is 6.56. The SMILES string of the molecule is CN(C(=O)CN1C(=O)CNc2ccccc21)C1CC1. The van der Waals surface area contributed by atoms with Crippen LogP contribution in [0, 0.1) is 0 Å². The zero-order valence-electron chi connectivity index (χ0n) is 10.9. The van der Waals surface area contributed by atoms with Gasteiger partial charge in [0.25, 0.3) is 0 Å². The Morgan fingerprint density at radius 2 is 2.16 bits per heavy atom. The molecule has 0 atom stereocenters. The first-order valence-corrected chi connectivity index (χ1v) is 6.56. The maximum atomic E-state index is 12.2. The zero-order chi connectivity index (χ0) is 13.4. The minimum absolute atomic E-state index is 0.00699. The topological polar surface area (TPSA) is 52.7 Å². The van der Waals surface area contributed by atoms with Gasteiger partial charge in [0.15, 0.2) is 0 Å². The summed E-state index contributed by atoms with van der Waals surface area (Å²) in [5.74, 6) is -0.0520. The summed E-state index contributed by atoms with van der Waals surface area (Å²) >= 11 is 0. The van der Waals surface area contributed by atoms with Crippen molar-refractivity contribution in [3.05, 3.63) is 24.3 Å². The van der Waals surface area contributed by atoms with Crippen molar-refractivity contribution in [3.63, 3.8) is 0 Å². The third-order valence-corrected chi connectivity index (χ3v) is 3.71.